The van der Waals surface area contributed by atoms with Gasteiger partial charge in [-0.1, -0.05) is 36.2 Å². The average Bonchev–Trinajstić information content (AvgIpc) is 3.05. The van der Waals surface area contributed by atoms with Crippen molar-refractivity contribution in [1.29, 1.82) is 0 Å². The van der Waals surface area contributed by atoms with Crippen molar-refractivity contribution in [3.8, 4) is 5.69 Å². The Balaban J connectivity index is 1.94. The number of aromatic nitrogens is 3. The maximum atomic E-state index is 12.8. The Morgan fingerprint density at radius 3 is 2.62 bits per heavy atom. The number of hydrogen-bond donors (Lipinski definition) is 1. The molecule has 1 amide bonds. The highest BCUT2D eigenvalue weighted by Crippen LogP contribution is 2.29. The SMILES string of the molecule is CCc1nc(C(=O)N2CCC[C@H](C(=O)O)C2)nn1-c1c(Cl)cccc1Cl. The van der Waals surface area contributed by atoms with E-state index in [0.29, 0.717) is 47.4 Å². The Morgan fingerprint density at radius 2 is 2.00 bits per heavy atom. The minimum Gasteiger partial charge on any atom is -0.481 e. The van der Waals surface area contributed by atoms with Crippen molar-refractivity contribution in [2.24, 2.45) is 5.92 Å². The minimum atomic E-state index is -0.891. The number of likely N-dealkylation sites (tertiary alicyclic amines) is 1. The van der Waals surface area contributed by atoms with Gasteiger partial charge in [0, 0.05) is 19.5 Å². The van der Waals surface area contributed by atoms with Crippen LogP contribution in [0.5, 0.6) is 0 Å². The highest BCUT2D eigenvalue weighted by molar-refractivity contribution is 6.37. The summed E-state index contributed by atoms with van der Waals surface area (Å²) in [6.45, 7) is 2.54. The molecule has 0 radical (unpaired) electrons. The molecule has 1 aliphatic heterocycles. The predicted molar refractivity (Wildman–Crippen MR) is 97.0 cm³/mol. The van der Waals surface area contributed by atoms with E-state index in [-0.39, 0.29) is 18.3 Å². The number of para-hydroxylation sites is 1. The predicted octanol–water partition coefficient (Wildman–Crippen LogP) is 3.07. The lowest BCUT2D eigenvalue weighted by atomic mass is 9.98. The van der Waals surface area contributed by atoms with Gasteiger partial charge in [0.25, 0.3) is 5.91 Å². The molecular weight excluding hydrogens is 379 g/mol. The number of carbonyl (C=O) groups excluding carboxylic acids is 1. The zero-order valence-corrected chi connectivity index (χ0v) is 15.7. The molecule has 0 aliphatic carbocycles. The second-order valence-electron chi connectivity index (χ2n) is 6.12. The third-order valence-electron chi connectivity index (χ3n) is 4.39. The monoisotopic (exact) mass is 396 g/mol. The van der Waals surface area contributed by atoms with Gasteiger partial charge in [0.15, 0.2) is 0 Å². The van der Waals surface area contributed by atoms with Gasteiger partial charge in [-0.25, -0.2) is 9.67 Å². The first-order chi connectivity index (χ1) is 12.4. The molecule has 0 spiro atoms. The molecule has 1 atom stereocenters. The molecular formula is C17H18Cl2N4O3. The molecule has 1 saturated heterocycles. The molecule has 26 heavy (non-hydrogen) atoms. The van der Waals surface area contributed by atoms with Crippen LogP contribution in [0.2, 0.25) is 10.0 Å². The topological polar surface area (TPSA) is 88.3 Å². The first-order valence-corrected chi connectivity index (χ1v) is 9.10. The number of rotatable bonds is 4. The second kappa shape index (κ2) is 7.63. The number of carbonyl (C=O) groups is 2. The van der Waals surface area contributed by atoms with Gasteiger partial charge in [-0.05, 0) is 25.0 Å². The maximum absolute atomic E-state index is 12.8. The van der Waals surface area contributed by atoms with Gasteiger partial charge in [-0.3, -0.25) is 9.59 Å². The van der Waals surface area contributed by atoms with Crippen molar-refractivity contribution in [3.63, 3.8) is 0 Å². The van der Waals surface area contributed by atoms with Crippen LogP contribution in [0.4, 0.5) is 0 Å². The van der Waals surface area contributed by atoms with Gasteiger partial charge in [0.05, 0.1) is 16.0 Å². The zero-order chi connectivity index (χ0) is 18.8. The van der Waals surface area contributed by atoms with Crippen LogP contribution < -0.4 is 0 Å². The maximum Gasteiger partial charge on any atom is 0.308 e. The van der Waals surface area contributed by atoms with E-state index in [2.05, 4.69) is 10.1 Å². The molecule has 1 fully saturated rings. The Hall–Kier alpha value is -2.12. The van der Waals surface area contributed by atoms with E-state index in [0.717, 1.165) is 0 Å². The molecule has 0 bridgehead atoms. The van der Waals surface area contributed by atoms with Crippen molar-refractivity contribution >= 4 is 35.1 Å². The molecule has 2 aromatic rings. The van der Waals surface area contributed by atoms with Crippen LogP contribution in [0, 0.1) is 5.92 Å². The fraction of sp³-hybridized carbons (Fsp3) is 0.412. The lowest BCUT2D eigenvalue weighted by Gasteiger charge is -2.29. The van der Waals surface area contributed by atoms with Crippen molar-refractivity contribution in [2.45, 2.75) is 26.2 Å². The number of hydrogen-bond acceptors (Lipinski definition) is 4. The summed E-state index contributed by atoms with van der Waals surface area (Å²) in [5.74, 6) is -1.26. The summed E-state index contributed by atoms with van der Waals surface area (Å²) in [4.78, 5) is 29.8. The summed E-state index contributed by atoms with van der Waals surface area (Å²) in [7, 11) is 0. The van der Waals surface area contributed by atoms with Gasteiger partial charge < -0.3 is 10.0 Å². The van der Waals surface area contributed by atoms with Crippen LogP contribution in [0.25, 0.3) is 5.69 Å². The number of amides is 1. The van der Waals surface area contributed by atoms with Crippen molar-refractivity contribution in [3.05, 3.63) is 39.9 Å². The molecule has 0 saturated carbocycles. The van der Waals surface area contributed by atoms with E-state index in [1.807, 2.05) is 6.92 Å². The van der Waals surface area contributed by atoms with Crippen LogP contribution in [-0.4, -0.2) is 49.7 Å². The van der Waals surface area contributed by atoms with Crippen LogP contribution in [0.3, 0.4) is 0 Å². The quantitative estimate of drug-likeness (QED) is 0.857. The standard InChI is InChI=1S/C17H18Cl2N4O3/c1-2-13-20-15(16(24)22-8-4-5-10(9-22)17(25)26)21-23(13)14-11(18)6-3-7-12(14)19/h3,6-7,10H,2,4-5,8-9H2,1H3,(H,25,26)/t10-/m0/s1. The second-order valence-corrected chi connectivity index (χ2v) is 6.93. The summed E-state index contributed by atoms with van der Waals surface area (Å²) >= 11 is 12.5. The molecule has 1 N–H and O–H groups in total. The molecule has 1 aromatic heterocycles. The van der Waals surface area contributed by atoms with Gasteiger partial charge in [-0.2, -0.15) is 0 Å². The lowest BCUT2D eigenvalue weighted by molar-refractivity contribution is -0.143. The van der Waals surface area contributed by atoms with Crippen LogP contribution in [0.15, 0.2) is 18.2 Å². The smallest absolute Gasteiger partial charge is 0.308 e. The normalized spacial score (nSPS) is 17.3. The third-order valence-corrected chi connectivity index (χ3v) is 5.00. The number of benzene rings is 1. The third kappa shape index (κ3) is 3.54. The summed E-state index contributed by atoms with van der Waals surface area (Å²) < 4.78 is 1.48. The van der Waals surface area contributed by atoms with Gasteiger partial charge in [0.1, 0.15) is 11.5 Å². The summed E-state index contributed by atoms with van der Waals surface area (Å²) in [5.41, 5.74) is 0.473. The van der Waals surface area contributed by atoms with Gasteiger partial charge in [0.2, 0.25) is 5.82 Å². The molecule has 1 aliphatic rings. The van der Waals surface area contributed by atoms with Crippen molar-refractivity contribution < 1.29 is 14.7 Å². The number of piperidine rings is 1. The van der Waals surface area contributed by atoms with Gasteiger partial charge >= 0.3 is 5.97 Å². The van der Waals surface area contributed by atoms with E-state index < -0.39 is 11.9 Å². The number of nitrogens with zero attached hydrogens (tertiary/aromatic N) is 4. The number of aliphatic carboxylic acids is 1. The van der Waals surface area contributed by atoms with Crippen molar-refractivity contribution in [2.75, 3.05) is 13.1 Å². The van der Waals surface area contributed by atoms with Gasteiger partial charge in [-0.15, -0.1) is 5.10 Å². The number of aryl methyl sites for hydroxylation is 1. The zero-order valence-electron chi connectivity index (χ0n) is 14.2. The average molecular weight is 397 g/mol. The highest BCUT2D eigenvalue weighted by Gasteiger charge is 2.31. The van der Waals surface area contributed by atoms with E-state index in [9.17, 15) is 14.7 Å². The Labute approximate surface area is 160 Å². The van der Waals surface area contributed by atoms with E-state index >= 15 is 0 Å². The Bertz CT molecular complexity index is 832. The molecule has 7 nitrogen and oxygen atoms in total. The van der Waals surface area contributed by atoms with E-state index in [1.54, 1.807) is 18.2 Å². The largest absolute Gasteiger partial charge is 0.481 e. The first-order valence-electron chi connectivity index (χ1n) is 8.34. The molecule has 2 heterocycles. The molecule has 138 valence electrons. The number of carboxylic acids is 1. The molecule has 9 heteroatoms. The van der Waals surface area contributed by atoms with E-state index in [1.165, 1.54) is 9.58 Å². The summed E-state index contributed by atoms with van der Waals surface area (Å²) in [5, 5.41) is 14.3. The Morgan fingerprint density at radius 1 is 1.31 bits per heavy atom. The number of carboxylic acid groups (broad SMARTS) is 1. The molecule has 0 unspecified atom stereocenters. The fourth-order valence-electron chi connectivity index (χ4n) is 3.04. The highest BCUT2D eigenvalue weighted by atomic mass is 35.5. The van der Waals surface area contributed by atoms with Crippen LogP contribution in [-0.2, 0) is 11.2 Å². The van der Waals surface area contributed by atoms with Crippen molar-refractivity contribution in [1.82, 2.24) is 19.7 Å². The summed E-state index contributed by atoms with van der Waals surface area (Å²) in [6, 6.07) is 5.10. The first kappa shape index (κ1) is 18.7. The Kier molecular flexibility index (Phi) is 5.48. The fourth-order valence-corrected chi connectivity index (χ4v) is 3.60. The van der Waals surface area contributed by atoms with Crippen LogP contribution >= 0.6 is 23.2 Å². The molecule has 1 aromatic carbocycles. The minimum absolute atomic E-state index is 0.0175. The summed E-state index contributed by atoms with van der Waals surface area (Å²) in [6.07, 6.45) is 1.73. The molecule has 3 rings (SSSR count). The number of halogens is 2. The van der Waals surface area contributed by atoms with E-state index in [4.69, 9.17) is 23.2 Å². The lowest BCUT2D eigenvalue weighted by Crippen LogP contribution is -2.42. The van der Waals surface area contributed by atoms with Crippen LogP contribution in [0.1, 0.15) is 36.2 Å².